The Kier molecular flexibility index (Phi) is 9.49. The van der Waals surface area contributed by atoms with Gasteiger partial charge >= 0.3 is 12.1 Å². The quantitative estimate of drug-likeness (QED) is 0.230. The average molecular weight is 558 g/mol. The third-order valence-electron chi connectivity index (χ3n) is 3.92. The van der Waals surface area contributed by atoms with E-state index in [1.807, 2.05) is 6.07 Å². The zero-order valence-corrected chi connectivity index (χ0v) is 19.7. The van der Waals surface area contributed by atoms with E-state index in [4.69, 9.17) is 14.7 Å². The fourth-order valence-electron chi connectivity index (χ4n) is 2.51. The number of hydrogen-bond donors (Lipinski definition) is 3. The van der Waals surface area contributed by atoms with Crippen molar-refractivity contribution in [3.63, 3.8) is 0 Å². The molecule has 10 heteroatoms. The van der Waals surface area contributed by atoms with Gasteiger partial charge in [-0.1, -0.05) is 15.9 Å². The van der Waals surface area contributed by atoms with E-state index in [-0.39, 0.29) is 18.1 Å². The summed E-state index contributed by atoms with van der Waals surface area (Å²) in [6.45, 7) is 0.131. The average Bonchev–Trinajstić information content (AvgIpc) is 2.73. The molecule has 0 unspecified atom stereocenters. The Labute approximate surface area is 196 Å². The molecule has 0 fully saturated rings. The van der Waals surface area contributed by atoms with Crippen LogP contribution in [-0.4, -0.2) is 29.5 Å². The van der Waals surface area contributed by atoms with E-state index in [9.17, 15) is 14.7 Å². The van der Waals surface area contributed by atoms with Crippen molar-refractivity contribution in [2.24, 2.45) is 0 Å². The van der Waals surface area contributed by atoms with Crippen molar-refractivity contribution >= 4 is 62.2 Å². The lowest BCUT2D eigenvalue weighted by molar-refractivity contribution is -0.140. The van der Waals surface area contributed by atoms with Crippen molar-refractivity contribution in [2.45, 2.75) is 18.9 Å². The molecule has 0 spiro atoms. The number of halogens is 2. The van der Waals surface area contributed by atoms with E-state index in [2.05, 4.69) is 49.8 Å². The summed E-state index contributed by atoms with van der Waals surface area (Å²) in [6, 6.07) is 11.6. The van der Waals surface area contributed by atoms with Crippen LogP contribution >= 0.6 is 44.5 Å². The zero-order chi connectivity index (χ0) is 22.1. The van der Waals surface area contributed by atoms with Crippen LogP contribution in [0.4, 0.5) is 10.5 Å². The predicted molar refractivity (Wildman–Crippen MR) is 122 cm³/mol. The number of hydrogen-bond acceptors (Lipinski definition) is 7. The monoisotopic (exact) mass is 556 g/mol. The molecule has 1 atom stereocenters. The third kappa shape index (κ3) is 7.23. The number of aromatic hydroxyl groups is 1. The summed E-state index contributed by atoms with van der Waals surface area (Å²) >= 11 is 10.5. The minimum Gasteiger partial charge on any atom is -0.506 e. The second-order valence-corrected chi connectivity index (χ2v) is 8.14. The van der Waals surface area contributed by atoms with Gasteiger partial charge in [0.1, 0.15) is 11.9 Å². The number of anilines is 1. The number of carbonyl (C=O) groups is 2. The highest BCUT2D eigenvalue weighted by molar-refractivity contribution is 9.11. The van der Waals surface area contributed by atoms with Crippen molar-refractivity contribution in [1.82, 2.24) is 0 Å². The molecule has 0 aromatic heterocycles. The number of ether oxygens (including phenoxy) is 2. The van der Waals surface area contributed by atoms with Crippen LogP contribution < -0.4 is 5.32 Å². The number of amides is 1. The number of phenols is 1. The Balaban J connectivity index is 2.12. The first-order valence-electron chi connectivity index (χ1n) is 8.76. The molecule has 0 saturated heterocycles. The molecule has 7 nitrogen and oxygen atoms in total. The summed E-state index contributed by atoms with van der Waals surface area (Å²) in [5.41, 5.74) is 1.32. The minimum absolute atomic E-state index is 0.0215. The maximum Gasteiger partial charge on any atom is 0.412 e. The highest BCUT2D eigenvalue weighted by atomic mass is 79.9. The SMILES string of the molecule is N#Cc1ccc(NC(=O)O[C@@H](CCCOC(=O)CS)c2cc(Br)cc(Br)c2O)cc1. The van der Waals surface area contributed by atoms with Crippen molar-refractivity contribution < 1.29 is 24.2 Å². The zero-order valence-electron chi connectivity index (χ0n) is 15.6. The van der Waals surface area contributed by atoms with Crippen LogP contribution in [0, 0.1) is 11.3 Å². The van der Waals surface area contributed by atoms with Gasteiger partial charge in [0, 0.05) is 15.7 Å². The van der Waals surface area contributed by atoms with Crippen LogP contribution in [0.25, 0.3) is 0 Å². The molecule has 0 aliphatic heterocycles. The lowest BCUT2D eigenvalue weighted by Crippen LogP contribution is -2.18. The van der Waals surface area contributed by atoms with Gasteiger partial charge in [0.05, 0.1) is 28.5 Å². The molecule has 2 rings (SSSR count). The Hall–Kier alpha value is -2.22. The van der Waals surface area contributed by atoms with Crippen LogP contribution in [-0.2, 0) is 14.3 Å². The van der Waals surface area contributed by atoms with Crippen LogP contribution in [0.3, 0.4) is 0 Å². The molecule has 1 amide bonds. The fraction of sp³-hybridized carbons (Fsp3) is 0.250. The molecule has 0 aliphatic rings. The van der Waals surface area contributed by atoms with Gasteiger partial charge < -0.3 is 14.6 Å². The summed E-state index contributed by atoms with van der Waals surface area (Å²) in [6.07, 6.45) is -0.825. The first-order valence-corrected chi connectivity index (χ1v) is 11.0. The number of thiol groups is 1. The lowest BCUT2D eigenvalue weighted by Gasteiger charge is -2.20. The Bertz CT molecular complexity index is 947. The smallest absolute Gasteiger partial charge is 0.412 e. The highest BCUT2D eigenvalue weighted by Gasteiger charge is 2.22. The predicted octanol–water partition coefficient (Wildman–Crippen LogP) is 5.33. The van der Waals surface area contributed by atoms with Gasteiger partial charge in [-0.15, -0.1) is 0 Å². The second-order valence-electron chi connectivity index (χ2n) is 6.05. The maximum atomic E-state index is 12.4. The summed E-state index contributed by atoms with van der Waals surface area (Å²) in [4.78, 5) is 23.7. The van der Waals surface area contributed by atoms with Gasteiger partial charge in [-0.3, -0.25) is 10.1 Å². The molecule has 0 bridgehead atoms. The van der Waals surface area contributed by atoms with Gasteiger partial charge in [0.15, 0.2) is 0 Å². The summed E-state index contributed by atoms with van der Waals surface area (Å²) in [5.74, 6) is -0.518. The van der Waals surface area contributed by atoms with Crippen LogP contribution in [0.15, 0.2) is 45.3 Å². The van der Waals surface area contributed by atoms with Crippen molar-refractivity contribution in [3.8, 4) is 11.8 Å². The molecule has 0 saturated carbocycles. The topological polar surface area (TPSA) is 109 Å². The molecule has 0 aliphatic carbocycles. The largest absolute Gasteiger partial charge is 0.506 e. The highest BCUT2D eigenvalue weighted by Crippen LogP contribution is 2.38. The molecular formula is C20H18Br2N2O5S. The molecule has 2 aromatic carbocycles. The molecule has 30 heavy (non-hydrogen) atoms. The Morgan fingerprint density at radius 1 is 1.23 bits per heavy atom. The van der Waals surface area contributed by atoms with E-state index in [0.29, 0.717) is 38.6 Å². The number of nitrogens with zero attached hydrogens (tertiary/aromatic N) is 1. The van der Waals surface area contributed by atoms with Crippen molar-refractivity contribution in [1.29, 1.82) is 5.26 Å². The van der Waals surface area contributed by atoms with E-state index in [0.717, 1.165) is 0 Å². The van der Waals surface area contributed by atoms with E-state index < -0.39 is 18.2 Å². The summed E-state index contributed by atoms with van der Waals surface area (Å²) < 4.78 is 11.7. The van der Waals surface area contributed by atoms with E-state index in [1.54, 1.807) is 36.4 Å². The molecule has 2 N–H and O–H groups in total. The number of benzene rings is 2. The Morgan fingerprint density at radius 2 is 1.93 bits per heavy atom. The van der Waals surface area contributed by atoms with Gasteiger partial charge in [-0.2, -0.15) is 17.9 Å². The number of esters is 1. The molecule has 0 heterocycles. The number of carbonyl (C=O) groups excluding carboxylic acids is 2. The molecule has 0 radical (unpaired) electrons. The van der Waals surface area contributed by atoms with Crippen LogP contribution in [0.5, 0.6) is 5.75 Å². The molecule has 158 valence electrons. The number of nitriles is 1. The minimum atomic E-state index is -0.799. The first kappa shape index (κ1) is 24.1. The Morgan fingerprint density at radius 3 is 2.57 bits per heavy atom. The second kappa shape index (κ2) is 11.8. The normalized spacial score (nSPS) is 11.3. The standard InChI is InChI=1S/C20H18Br2N2O5S/c21-13-8-15(19(26)16(22)9-13)17(2-1-7-28-18(25)11-30)29-20(27)24-14-5-3-12(10-23)4-6-14/h3-6,8-9,17,26,30H,1-2,7,11H2,(H,24,27)/t17-/m0/s1. The van der Waals surface area contributed by atoms with Crippen LogP contribution in [0.1, 0.15) is 30.1 Å². The fourth-order valence-corrected chi connectivity index (χ4v) is 3.86. The summed E-state index contributed by atoms with van der Waals surface area (Å²) in [7, 11) is 0. The van der Waals surface area contributed by atoms with Crippen LogP contribution in [0.2, 0.25) is 0 Å². The lowest BCUT2D eigenvalue weighted by atomic mass is 10.0. The first-order chi connectivity index (χ1) is 14.3. The van der Waals surface area contributed by atoms with E-state index >= 15 is 0 Å². The van der Waals surface area contributed by atoms with Gasteiger partial charge in [0.2, 0.25) is 0 Å². The number of nitrogens with one attached hydrogen (secondary N) is 1. The summed E-state index contributed by atoms with van der Waals surface area (Å²) in [5, 5.41) is 21.9. The van der Waals surface area contributed by atoms with Gasteiger partial charge in [-0.05, 0) is 65.2 Å². The number of rotatable bonds is 8. The molecule has 2 aromatic rings. The van der Waals surface area contributed by atoms with Crippen molar-refractivity contribution in [2.75, 3.05) is 17.7 Å². The maximum absolute atomic E-state index is 12.4. The van der Waals surface area contributed by atoms with Gasteiger partial charge in [-0.25, -0.2) is 4.79 Å². The van der Waals surface area contributed by atoms with Gasteiger partial charge in [0.25, 0.3) is 0 Å². The number of phenolic OH excluding ortho intramolecular Hbond substituents is 1. The van der Waals surface area contributed by atoms with E-state index in [1.165, 1.54) is 0 Å². The molecular weight excluding hydrogens is 540 g/mol. The third-order valence-corrected chi connectivity index (χ3v) is 5.24. The van der Waals surface area contributed by atoms with Crippen molar-refractivity contribution in [3.05, 3.63) is 56.5 Å².